The van der Waals surface area contributed by atoms with E-state index in [9.17, 15) is 14.4 Å². The number of fused-ring (bicyclic) bond motifs is 5. The van der Waals surface area contributed by atoms with Crippen LogP contribution in [0, 0.1) is 28.6 Å². The van der Waals surface area contributed by atoms with Gasteiger partial charge in [0.2, 0.25) is 0 Å². The molecule has 0 unspecified atom stereocenters. The second kappa shape index (κ2) is 4.39. The van der Waals surface area contributed by atoms with Crippen molar-refractivity contribution < 1.29 is 14.4 Å². The Labute approximate surface area is 131 Å². The van der Waals surface area contributed by atoms with Gasteiger partial charge in [-0.2, -0.15) is 0 Å². The number of rotatable bonds is 0. The predicted molar refractivity (Wildman–Crippen MR) is 82.1 cm³/mol. The number of carbonyl (C=O) groups excluding carboxylic acids is 3. The average Bonchev–Trinajstić information content (AvgIpc) is 2.77. The molecule has 0 aromatic rings. The smallest absolute Gasteiger partial charge is 0.159 e. The first-order valence-corrected chi connectivity index (χ1v) is 8.68. The first-order valence-electron chi connectivity index (χ1n) is 8.68. The summed E-state index contributed by atoms with van der Waals surface area (Å²) < 4.78 is 0. The van der Waals surface area contributed by atoms with Crippen molar-refractivity contribution in [1.29, 1.82) is 0 Å². The van der Waals surface area contributed by atoms with Crippen LogP contribution >= 0.6 is 0 Å². The summed E-state index contributed by atoms with van der Waals surface area (Å²) in [5.74, 6) is 1.87. The van der Waals surface area contributed by atoms with Crippen molar-refractivity contribution >= 4 is 17.3 Å². The van der Waals surface area contributed by atoms with E-state index in [0.29, 0.717) is 42.8 Å². The maximum absolute atomic E-state index is 12.7. The second-order valence-electron chi connectivity index (χ2n) is 8.36. The van der Waals surface area contributed by atoms with E-state index in [1.165, 1.54) is 0 Å². The van der Waals surface area contributed by atoms with Gasteiger partial charge in [-0.1, -0.05) is 13.8 Å². The second-order valence-corrected chi connectivity index (χ2v) is 8.36. The highest BCUT2D eigenvalue weighted by Crippen LogP contribution is 2.63. The molecule has 22 heavy (non-hydrogen) atoms. The van der Waals surface area contributed by atoms with Crippen LogP contribution in [-0.4, -0.2) is 17.3 Å². The van der Waals surface area contributed by atoms with Crippen molar-refractivity contribution in [1.82, 2.24) is 0 Å². The van der Waals surface area contributed by atoms with Gasteiger partial charge in [0.15, 0.2) is 11.6 Å². The summed E-state index contributed by atoms with van der Waals surface area (Å²) in [6, 6.07) is 0. The van der Waals surface area contributed by atoms with Crippen molar-refractivity contribution in [2.75, 3.05) is 0 Å². The largest absolute Gasteiger partial charge is 0.299 e. The van der Waals surface area contributed by atoms with Crippen LogP contribution in [0.25, 0.3) is 0 Å². The van der Waals surface area contributed by atoms with Gasteiger partial charge in [-0.05, 0) is 54.9 Å². The molecule has 3 heteroatoms. The molecule has 0 amide bonds. The monoisotopic (exact) mass is 300 g/mol. The van der Waals surface area contributed by atoms with Crippen LogP contribution < -0.4 is 0 Å². The molecule has 0 aliphatic heterocycles. The molecule has 3 nitrogen and oxygen atoms in total. The van der Waals surface area contributed by atoms with Crippen molar-refractivity contribution in [3.05, 3.63) is 11.6 Å². The minimum Gasteiger partial charge on any atom is -0.299 e. The van der Waals surface area contributed by atoms with Crippen molar-refractivity contribution in [3.8, 4) is 0 Å². The lowest BCUT2D eigenvalue weighted by Gasteiger charge is -2.56. The lowest BCUT2D eigenvalue weighted by Crippen LogP contribution is -2.53. The molecule has 0 heterocycles. The van der Waals surface area contributed by atoms with Gasteiger partial charge in [0.25, 0.3) is 0 Å². The quantitative estimate of drug-likeness (QED) is 0.690. The lowest BCUT2D eigenvalue weighted by molar-refractivity contribution is -0.138. The van der Waals surface area contributed by atoms with Gasteiger partial charge in [-0.25, -0.2) is 0 Å². The molecule has 3 fully saturated rings. The number of carbonyl (C=O) groups is 3. The fraction of sp³-hybridized carbons (Fsp3) is 0.737. The molecule has 4 aliphatic rings. The number of Topliss-reactive ketones (excluding diaryl/α,β-unsaturated/α-hetero) is 2. The highest BCUT2D eigenvalue weighted by molar-refractivity contribution is 6.06. The highest BCUT2D eigenvalue weighted by Gasteiger charge is 2.60. The van der Waals surface area contributed by atoms with Crippen LogP contribution in [0.4, 0.5) is 0 Å². The number of ketones is 3. The van der Waals surface area contributed by atoms with Gasteiger partial charge in [-0.15, -0.1) is 0 Å². The molecule has 0 aromatic carbocycles. The average molecular weight is 300 g/mol. The van der Waals surface area contributed by atoms with Crippen LogP contribution in [0.3, 0.4) is 0 Å². The Morgan fingerprint density at radius 3 is 2.45 bits per heavy atom. The molecular formula is C19H24O3. The molecule has 0 N–H and O–H groups in total. The zero-order valence-electron chi connectivity index (χ0n) is 13.5. The first-order chi connectivity index (χ1) is 10.4. The summed E-state index contributed by atoms with van der Waals surface area (Å²) in [7, 11) is 0. The molecule has 0 spiro atoms. The van der Waals surface area contributed by atoms with Crippen molar-refractivity contribution in [3.63, 3.8) is 0 Å². The zero-order chi connectivity index (χ0) is 15.7. The normalized spacial score (nSPS) is 47.6. The van der Waals surface area contributed by atoms with Crippen LogP contribution in [0.2, 0.25) is 0 Å². The third-order valence-electron chi connectivity index (χ3n) is 7.50. The number of hydrogen-bond donors (Lipinski definition) is 0. The third-order valence-corrected chi connectivity index (χ3v) is 7.50. The molecule has 0 radical (unpaired) electrons. The summed E-state index contributed by atoms with van der Waals surface area (Å²) in [6.07, 6.45) is 7.19. The Morgan fingerprint density at radius 1 is 0.955 bits per heavy atom. The Morgan fingerprint density at radius 2 is 1.68 bits per heavy atom. The molecular weight excluding hydrogens is 276 g/mol. The van der Waals surface area contributed by atoms with Crippen molar-refractivity contribution in [2.24, 2.45) is 28.6 Å². The fourth-order valence-electron chi connectivity index (χ4n) is 6.16. The van der Waals surface area contributed by atoms with Gasteiger partial charge in [0.05, 0.1) is 0 Å². The van der Waals surface area contributed by atoms with Crippen LogP contribution in [0.5, 0.6) is 0 Å². The van der Waals surface area contributed by atoms with Crippen LogP contribution in [-0.2, 0) is 14.4 Å². The van der Waals surface area contributed by atoms with Crippen LogP contribution in [0.15, 0.2) is 11.6 Å². The summed E-state index contributed by atoms with van der Waals surface area (Å²) in [4.78, 5) is 36.8. The molecule has 0 aromatic heterocycles. The molecule has 0 saturated heterocycles. The van der Waals surface area contributed by atoms with Crippen molar-refractivity contribution in [2.45, 2.75) is 58.8 Å². The van der Waals surface area contributed by atoms with E-state index in [1.807, 2.05) is 0 Å². The zero-order valence-corrected chi connectivity index (χ0v) is 13.5. The van der Waals surface area contributed by atoms with E-state index in [-0.39, 0.29) is 22.4 Å². The number of hydrogen-bond acceptors (Lipinski definition) is 3. The summed E-state index contributed by atoms with van der Waals surface area (Å²) >= 11 is 0. The van der Waals surface area contributed by atoms with Gasteiger partial charge in [0, 0.05) is 30.3 Å². The van der Waals surface area contributed by atoms with Gasteiger partial charge in [-0.3, -0.25) is 14.4 Å². The summed E-state index contributed by atoms with van der Waals surface area (Å²) in [5.41, 5.74) is 0.461. The molecule has 5 atom stereocenters. The standard InChI is InChI=1S/C19H24O3/c1-18-7-5-11(20)9-15(18)16(21)10-12-13-3-4-17(22)19(13,2)8-6-14(12)18/h9,12-14H,3-8,10H2,1-2H3/t12-,13-,14-,18+,19+/m0/s1. The highest BCUT2D eigenvalue weighted by atomic mass is 16.1. The third kappa shape index (κ3) is 1.65. The Kier molecular flexibility index (Phi) is 2.87. The molecule has 4 rings (SSSR count). The SMILES string of the molecule is C[C@@]12CC[C@H]3[C@@H](CC(=O)C4=CC(=O)CC[C@@]43C)[C@@H]1CCC2=O. The van der Waals surface area contributed by atoms with Gasteiger partial charge >= 0.3 is 0 Å². The first kappa shape index (κ1) is 14.3. The van der Waals surface area contributed by atoms with E-state index >= 15 is 0 Å². The predicted octanol–water partition coefficient (Wildman–Crippen LogP) is 3.27. The van der Waals surface area contributed by atoms with Gasteiger partial charge in [0.1, 0.15) is 5.78 Å². The van der Waals surface area contributed by atoms with E-state index in [0.717, 1.165) is 31.3 Å². The Bertz CT molecular complexity index is 616. The number of allylic oxidation sites excluding steroid dienone is 1. The molecule has 118 valence electrons. The minimum atomic E-state index is -0.191. The molecule has 0 bridgehead atoms. The van der Waals surface area contributed by atoms with Crippen LogP contribution in [0.1, 0.15) is 58.8 Å². The maximum atomic E-state index is 12.7. The van der Waals surface area contributed by atoms with E-state index in [2.05, 4.69) is 13.8 Å². The Hall–Kier alpha value is -1.25. The van der Waals surface area contributed by atoms with Gasteiger partial charge < -0.3 is 0 Å². The van der Waals surface area contributed by atoms with E-state index < -0.39 is 0 Å². The Balaban J connectivity index is 1.76. The summed E-state index contributed by atoms with van der Waals surface area (Å²) in [6.45, 7) is 4.32. The fourth-order valence-corrected chi connectivity index (χ4v) is 6.16. The molecule has 3 saturated carbocycles. The minimum absolute atomic E-state index is 0.107. The maximum Gasteiger partial charge on any atom is 0.159 e. The molecule has 4 aliphatic carbocycles. The van der Waals surface area contributed by atoms with E-state index in [1.54, 1.807) is 6.08 Å². The lowest BCUT2D eigenvalue weighted by atomic mass is 9.47. The summed E-state index contributed by atoms with van der Waals surface area (Å²) in [5, 5.41) is 0. The van der Waals surface area contributed by atoms with E-state index in [4.69, 9.17) is 0 Å². The topological polar surface area (TPSA) is 51.2 Å².